The molecule has 1 amide bonds. The van der Waals surface area contributed by atoms with Gasteiger partial charge in [-0.15, -0.1) is 0 Å². The lowest BCUT2D eigenvalue weighted by molar-refractivity contribution is -0.0440. The second-order valence-electron chi connectivity index (χ2n) is 9.83. The zero-order chi connectivity index (χ0) is 25.4. The Balaban J connectivity index is 1.29. The molecule has 2 aliphatic rings. The molecule has 0 bridgehead atoms. The van der Waals surface area contributed by atoms with E-state index < -0.39 is 31.1 Å². The SMILES string of the molecule is O=C(N[C@@H]1[C@H](O)[C@@H](CO)O[C@H]1n1cnc2c(NC3CCCCC3)ncnc21)c1ccc2ccccc2c1. The normalized spacial score (nSPS) is 24.5. The number of amides is 1. The summed E-state index contributed by atoms with van der Waals surface area (Å²) in [6.07, 6.45) is 6.05. The van der Waals surface area contributed by atoms with Gasteiger partial charge in [0.25, 0.3) is 5.91 Å². The van der Waals surface area contributed by atoms with E-state index in [0.717, 1.165) is 23.6 Å². The van der Waals surface area contributed by atoms with E-state index in [2.05, 4.69) is 25.6 Å². The van der Waals surface area contributed by atoms with E-state index in [1.807, 2.05) is 36.4 Å². The lowest BCUT2D eigenvalue weighted by Gasteiger charge is -2.24. The van der Waals surface area contributed by atoms with Crippen LogP contribution >= 0.6 is 0 Å². The molecule has 10 heteroatoms. The Hall–Kier alpha value is -3.60. The topological polar surface area (TPSA) is 134 Å². The van der Waals surface area contributed by atoms with Crippen molar-refractivity contribution in [2.45, 2.75) is 62.6 Å². The molecule has 1 aliphatic carbocycles. The number of imidazole rings is 1. The van der Waals surface area contributed by atoms with Gasteiger partial charge < -0.3 is 25.6 Å². The molecule has 3 heterocycles. The van der Waals surface area contributed by atoms with Crippen LogP contribution in [0.3, 0.4) is 0 Å². The van der Waals surface area contributed by atoms with Crippen molar-refractivity contribution in [3.8, 4) is 0 Å². The van der Waals surface area contributed by atoms with Crippen LogP contribution in [0.25, 0.3) is 21.9 Å². The fraction of sp³-hybridized carbons (Fsp3) is 0.407. The van der Waals surface area contributed by atoms with E-state index in [9.17, 15) is 15.0 Å². The minimum Gasteiger partial charge on any atom is -0.394 e. The fourth-order valence-electron chi connectivity index (χ4n) is 5.44. The van der Waals surface area contributed by atoms with Crippen LogP contribution in [0, 0.1) is 0 Å². The molecule has 10 nitrogen and oxygen atoms in total. The van der Waals surface area contributed by atoms with E-state index >= 15 is 0 Å². The molecule has 6 rings (SSSR count). The summed E-state index contributed by atoms with van der Waals surface area (Å²) in [5.74, 6) is 0.311. The van der Waals surface area contributed by atoms with Crippen molar-refractivity contribution in [1.82, 2.24) is 24.8 Å². The summed E-state index contributed by atoms with van der Waals surface area (Å²) in [6.45, 7) is -0.393. The van der Waals surface area contributed by atoms with Gasteiger partial charge >= 0.3 is 0 Å². The third-order valence-electron chi connectivity index (χ3n) is 7.44. The number of carbonyl (C=O) groups is 1. The zero-order valence-electron chi connectivity index (χ0n) is 20.3. The Kier molecular flexibility index (Phi) is 6.45. The summed E-state index contributed by atoms with van der Waals surface area (Å²) in [5, 5.41) is 29.2. The second kappa shape index (κ2) is 10.0. The predicted molar refractivity (Wildman–Crippen MR) is 138 cm³/mol. The van der Waals surface area contributed by atoms with Crippen molar-refractivity contribution in [3.63, 3.8) is 0 Å². The molecule has 1 saturated carbocycles. The third-order valence-corrected chi connectivity index (χ3v) is 7.44. The van der Waals surface area contributed by atoms with E-state index in [1.54, 1.807) is 17.0 Å². The molecular weight excluding hydrogens is 472 g/mol. The Morgan fingerprint density at radius 1 is 1.05 bits per heavy atom. The van der Waals surface area contributed by atoms with Crippen molar-refractivity contribution < 1.29 is 19.7 Å². The molecule has 2 fully saturated rings. The van der Waals surface area contributed by atoms with Crippen molar-refractivity contribution in [2.24, 2.45) is 0 Å². The first-order valence-electron chi connectivity index (χ1n) is 12.8. The monoisotopic (exact) mass is 502 g/mol. The number of hydrogen-bond donors (Lipinski definition) is 4. The third kappa shape index (κ3) is 4.52. The van der Waals surface area contributed by atoms with Crippen molar-refractivity contribution >= 4 is 33.7 Å². The number of aliphatic hydroxyl groups is 2. The van der Waals surface area contributed by atoms with E-state index in [4.69, 9.17) is 4.74 Å². The van der Waals surface area contributed by atoms with Crippen molar-refractivity contribution in [3.05, 3.63) is 60.7 Å². The minimum atomic E-state index is -1.13. The molecule has 0 radical (unpaired) electrons. The molecular formula is C27H30N6O4. The van der Waals surface area contributed by atoms with Gasteiger partial charge in [0.05, 0.1) is 12.9 Å². The predicted octanol–water partition coefficient (Wildman–Crippen LogP) is 2.77. The average Bonchev–Trinajstić information content (AvgIpc) is 3.50. The van der Waals surface area contributed by atoms with E-state index in [-0.39, 0.29) is 5.91 Å². The van der Waals surface area contributed by atoms with Crippen LogP contribution in [0.5, 0.6) is 0 Å². The maximum Gasteiger partial charge on any atom is 0.251 e. The van der Waals surface area contributed by atoms with Gasteiger partial charge in [0, 0.05) is 11.6 Å². The van der Waals surface area contributed by atoms with Gasteiger partial charge in [-0.3, -0.25) is 9.36 Å². The van der Waals surface area contributed by atoms with Gasteiger partial charge in [-0.2, -0.15) is 0 Å². The molecule has 4 aromatic rings. The number of anilines is 1. The number of carbonyl (C=O) groups excluding carboxylic acids is 1. The van der Waals surface area contributed by atoms with Crippen LogP contribution in [0.2, 0.25) is 0 Å². The molecule has 4 N–H and O–H groups in total. The fourth-order valence-corrected chi connectivity index (χ4v) is 5.44. The van der Waals surface area contributed by atoms with Crippen LogP contribution in [-0.2, 0) is 4.74 Å². The van der Waals surface area contributed by atoms with Crippen LogP contribution in [0.1, 0.15) is 48.7 Å². The summed E-state index contributed by atoms with van der Waals surface area (Å²) >= 11 is 0. The molecule has 2 aromatic heterocycles. The van der Waals surface area contributed by atoms with Gasteiger partial charge in [-0.25, -0.2) is 15.0 Å². The van der Waals surface area contributed by atoms with Crippen LogP contribution < -0.4 is 10.6 Å². The largest absolute Gasteiger partial charge is 0.394 e. The van der Waals surface area contributed by atoms with Crippen LogP contribution in [0.15, 0.2) is 55.1 Å². The van der Waals surface area contributed by atoms with Gasteiger partial charge in [-0.1, -0.05) is 49.6 Å². The second-order valence-corrected chi connectivity index (χ2v) is 9.83. The lowest BCUT2D eigenvalue weighted by atomic mass is 9.95. The van der Waals surface area contributed by atoms with Crippen LogP contribution in [-0.4, -0.2) is 66.5 Å². The van der Waals surface area contributed by atoms with Gasteiger partial charge in [0.2, 0.25) is 0 Å². The number of nitrogens with zero attached hydrogens (tertiary/aromatic N) is 4. The lowest BCUT2D eigenvalue weighted by Crippen LogP contribution is -2.46. The number of hydrogen-bond acceptors (Lipinski definition) is 8. The van der Waals surface area contributed by atoms with Gasteiger partial charge in [0.1, 0.15) is 24.6 Å². The van der Waals surface area contributed by atoms with Crippen molar-refractivity contribution in [1.29, 1.82) is 0 Å². The van der Waals surface area contributed by atoms with Gasteiger partial charge in [-0.05, 0) is 35.7 Å². The number of nitrogens with one attached hydrogen (secondary N) is 2. The number of aliphatic hydroxyl groups excluding tert-OH is 2. The van der Waals surface area contributed by atoms with Crippen molar-refractivity contribution in [2.75, 3.05) is 11.9 Å². The molecule has 1 aliphatic heterocycles. The Morgan fingerprint density at radius 3 is 2.68 bits per heavy atom. The minimum absolute atomic E-state index is 0.342. The molecule has 0 unspecified atom stereocenters. The first kappa shape index (κ1) is 23.8. The zero-order valence-corrected chi connectivity index (χ0v) is 20.3. The standard InChI is InChI=1S/C27H30N6O4/c34-13-20-23(35)21(32-26(36)18-11-10-16-6-4-5-7-17(16)12-18)27(37-20)33-15-30-22-24(28-14-29-25(22)33)31-19-8-2-1-3-9-19/h4-7,10-12,14-15,19-21,23,27,34-35H,1-3,8-9,13H2,(H,32,36)(H,28,29,31)/t20-,21-,23-,27-/m1/s1. The first-order chi connectivity index (χ1) is 18.1. The Morgan fingerprint density at radius 2 is 1.86 bits per heavy atom. The van der Waals surface area contributed by atoms with Crippen LogP contribution in [0.4, 0.5) is 5.82 Å². The highest BCUT2D eigenvalue weighted by molar-refractivity contribution is 5.98. The molecule has 1 saturated heterocycles. The number of benzene rings is 2. The molecule has 37 heavy (non-hydrogen) atoms. The maximum atomic E-state index is 13.2. The Bertz CT molecular complexity index is 1420. The average molecular weight is 503 g/mol. The summed E-state index contributed by atoms with van der Waals surface area (Å²) < 4.78 is 7.70. The maximum absolute atomic E-state index is 13.2. The summed E-state index contributed by atoms with van der Waals surface area (Å²) in [5.41, 5.74) is 1.58. The molecule has 4 atom stereocenters. The number of ether oxygens (including phenoxy) is 1. The summed E-state index contributed by atoms with van der Waals surface area (Å²) in [6, 6.07) is 12.8. The quantitative estimate of drug-likeness (QED) is 0.316. The highest BCUT2D eigenvalue weighted by atomic mass is 16.5. The first-order valence-corrected chi connectivity index (χ1v) is 12.8. The molecule has 0 spiro atoms. The van der Waals surface area contributed by atoms with Gasteiger partial charge in [0.15, 0.2) is 23.2 Å². The number of rotatable bonds is 6. The van der Waals surface area contributed by atoms with E-state index in [1.165, 1.54) is 25.6 Å². The molecule has 192 valence electrons. The number of fused-ring (bicyclic) bond motifs is 2. The Labute approximate surface area is 213 Å². The summed E-state index contributed by atoms with van der Waals surface area (Å²) in [7, 11) is 0. The highest BCUT2D eigenvalue weighted by Crippen LogP contribution is 2.33. The number of aromatic nitrogens is 4. The summed E-state index contributed by atoms with van der Waals surface area (Å²) in [4.78, 5) is 26.6. The van der Waals surface area contributed by atoms with E-state index in [0.29, 0.717) is 28.6 Å². The molecule has 2 aromatic carbocycles. The smallest absolute Gasteiger partial charge is 0.251 e. The highest BCUT2D eigenvalue weighted by Gasteiger charge is 2.46.